The van der Waals surface area contributed by atoms with Crippen LogP contribution in [0.5, 0.6) is 17.2 Å². The lowest BCUT2D eigenvalue weighted by Gasteiger charge is -2.59. The fourth-order valence-corrected chi connectivity index (χ4v) is 11.2. The first-order valence-corrected chi connectivity index (χ1v) is 21.0. The third-order valence-electron chi connectivity index (χ3n) is 13.0. The molecule has 310 valence electrons. The van der Waals surface area contributed by atoms with Gasteiger partial charge in [0.05, 0.1) is 5.41 Å². The Kier molecular flexibility index (Phi) is 9.78. The fourth-order valence-electron chi connectivity index (χ4n) is 10.5. The number of hydrogen-bond acceptors (Lipinski definition) is 8. The van der Waals surface area contributed by atoms with Crippen LogP contribution in [0.4, 0.5) is 17.6 Å². The van der Waals surface area contributed by atoms with E-state index in [-0.39, 0.29) is 18.3 Å². The number of fused-ring (bicyclic) bond motifs is 3. The topological polar surface area (TPSA) is 125 Å². The van der Waals surface area contributed by atoms with Crippen LogP contribution in [0.3, 0.4) is 0 Å². The zero-order valence-electron chi connectivity index (χ0n) is 32.1. The van der Waals surface area contributed by atoms with Crippen molar-refractivity contribution in [3.63, 3.8) is 0 Å². The van der Waals surface area contributed by atoms with Crippen LogP contribution >= 0.6 is 0 Å². The molecule has 0 radical (unpaired) electrons. The summed E-state index contributed by atoms with van der Waals surface area (Å²) in [6, 6.07) is 30.3. The summed E-state index contributed by atoms with van der Waals surface area (Å²) >= 11 is 0. The Morgan fingerprint density at radius 3 is 1.52 bits per heavy atom. The van der Waals surface area contributed by atoms with Gasteiger partial charge >= 0.3 is 22.1 Å². The molecule has 0 aliphatic heterocycles. The van der Waals surface area contributed by atoms with Crippen molar-refractivity contribution < 1.29 is 59.1 Å². The second kappa shape index (κ2) is 14.8. The lowest BCUT2D eigenvalue weighted by atomic mass is 9.50. The molecule has 5 aromatic rings. The van der Waals surface area contributed by atoms with E-state index in [9.17, 15) is 35.6 Å². The van der Waals surface area contributed by atoms with Crippen molar-refractivity contribution in [2.75, 3.05) is 13.2 Å². The summed E-state index contributed by atoms with van der Waals surface area (Å²) in [5, 5.41) is 0. The molecule has 0 unspecified atom stereocenters. The van der Waals surface area contributed by atoms with Gasteiger partial charge in [-0.3, -0.25) is 4.55 Å². The predicted molar refractivity (Wildman–Crippen MR) is 208 cm³/mol. The monoisotopic (exact) mass is 842 g/mol. The minimum atomic E-state index is -5.70. The molecular formula is C46H38F4O9S. The maximum absolute atomic E-state index is 14.5. The van der Waals surface area contributed by atoms with Crippen molar-refractivity contribution in [2.45, 2.75) is 54.9 Å². The molecule has 14 heteroatoms. The van der Waals surface area contributed by atoms with Crippen molar-refractivity contribution in [1.82, 2.24) is 0 Å². The highest BCUT2D eigenvalue weighted by Gasteiger charge is 2.57. The highest BCUT2D eigenvalue weighted by Crippen LogP contribution is 2.60. The maximum Gasteiger partial charge on any atom is 0.349 e. The fraction of sp³-hybridized carbons (Fsp3) is 0.304. The van der Waals surface area contributed by atoms with Gasteiger partial charge in [0, 0.05) is 0 Å². The Morgan fingerprint density at radius 1 is 0.633 bits per heavy atom. The summed E-state index contributed by atoms with van der Waals surface area (Å²) in [5.41, 5.74) is 4.42. The maximum atomic E-state index is 14.5. The first-order chi connectivity index (χ1) is 28.7. The number of ether oxygens (including phenoxy) is 4. The van der Waals surface area contributed by atoms with Crippen LogP contribution in [0, 0.1) is 46.9 Å². The summed E-state index contributed by atoms with van der Waals surface area (Å²) in [5.74, 6) is -10.4. The van der Waals surface area contributed by atoms with E-state index in [1.54, 1.807) is 24.3 Å². The number of hydrogen-bond donors (Lipinski definition) is 1. The number of rotatable bonds is 11. The Morgan fingerprint density at radius 2 is 1.07 bits per heavy atom. The minimum absolute atomic E-state index is 0.128. The van der Waals surface area contributed by atoms with Gasteiger partial charge in [0.25, 0.3) is 0 Å². The zero-order valence-corrected chi connectivity index (χ0v) is 32.9. The molecule has 5 aliphatic carbocycles. The van der Waals surface area contributed by atoms with E-state index >= 15 is 0 Å². The molecule has 4 bridgehead atoms. The van der Waals surface area contributed by atoms with E-state index in [0.717, 1.165) is 70.9 Å². The Bertz CT molecular complexity index is 2550. The number of carbonyl (C=O) groups is 2. The van der Waals surface area contributed by atoms with E-state index in [1.807, 2.05) is 72.8 Å². The lowest BCUT2D eigenvalue weighted by molar-refractivity contribution is -0.204. The molecule has 0 aromatic heterocycles. The SMILES string of the molecule is CC1(OC(=O)COc2ccc(C3(c4ccc(OCC(=O)Oc5c(F)c(F)c(S(=O)(=O)O)c(F)c5F)cc4)c4ccccc4-c4ccccc43)cc2)C2CC3CC(C2)CC1C3. The first kappa shape index (κ1) is 39.7. The number of halogens is 4. The van der Waals surface area contributed by atoms with Gasteiger partial charge in [-0.05, 0) is 120 Å². The van der Waals surface area contributed by atoms with Gasteiger partial charge in [-0.1, -0.05) is 72.8 Å². The van der Waals surface area contributed by atoms with Crippen LogP contribution in [0.15, 0.2) is 102 Å². The molecule has 10 rings (SSSR count). The molecule has 0 amide bonds. The molecule has 0 saturated heterocycles. The quantitative estimate of drug-likeness (QED) is 0.0448. The van der Waals surface area contributed by atoms with Crippen LogP contribution in [-0.2, 0) is 29.9 Å². The summed E-state index contributed by atoms with van der Waals surface area (Å²) in [6.07, 6.45) is 5.79. The van der Waals surface area contributed by atoms with Gasteiger partial charge < -0.3 is 18.9 Å². The predicted octanol–water partition coefficient (Wildman–Crippen LogP) is 8.97. The third kappa shape index (κ3) is 6.51. The summed E-state index contributed by atoms with van der Waals surface area (Å²) in [7, 11) is -5.70. The standard InChI is InChI=1S/C46H38F4O9S/c1-45(29-19-25-18-26(21-29)22-30(45)20-25)59-38(52)24-57-32-16-12-28(13-17-32)46(35-8-4-2-6-33(35)34-7-3-5-9-36(34)46)27-10-14-31(15-11-27)56-23-37(51)58-43-39(47)41(49)44(60(53,54)55)42(50)40(43)48/h2-17,25-26,29-30H,18-24H2,1H3,(H,53,54,55). The van der Waals surface area contributed by atoms with E-state index in [2.05, 4.69) is 11.7 Å². The van der Waals surface area contributed by atoms with Crippen molar-refractivity contribution in [1.29, 1.82) is 0 Å². The average molecular weight is 843 g/mol. The molecule has 5 aliphatic rings. The van der Waals surface area contributed by atoms with Gasteiger partial charge in [-0.2, -0.15) is 17.2 Å². The van der Waals surface area contributed by atoms with Gasteiger partial charge in [0.15, 0.2) is 29.7 Å². The summed E-state index contributed by atoms with van der Waals surface area (Å²) < 4.78 is 111. The number of carbonyl (C=O) groups excluding carboxylic acids is 2. The van der Waals surface area contributed by atoms with E-state index in [1.165, 1.54) is 6.42 Å². The number of esters is 2. The largest absolute Gasteiger partial charge is 0.482 e. The summed E-state index contributed by atoms with van der Waals surface area (Å²) in [4.78, 5) is 23.5. The molecule has 9 nitrogen and oxygen atoms in total. The third-order valence-corrected chi connectivity index (χ3v) is 13.9. The average Bonchev–Trinajstić information content (AvgIpc) is 3.53. The van der Waals surface area contributed by atoms with E-state index in [4.69, 9.17) is 18.8 Å². The number of benzene rings is 5. The normalized spacial score (nSPS) is 23.1. The Balaban J connectivity index is 0.945. The van der Waals surface area contributed by atoms with E-state index < -0.39 is 67.6 Å². The van der Waals surface area contributed by atoms with Gasteiger partial charge in [0.1, 0.15) is 17.1 Å². The van der Waals surface area contributed by atoms with Crippen LogP contribution in [0.1, 0.15) is 61.3 Å². The minimum Gasteiger partial charge on any atom is -0.482 e. The summed E-state index contributed by atoms with van der Waals surface area (Å²) in [6.45, 7) is 0.923. The van der Waals surface area contributed by atoms with Crippen molar-refractivity contribution in [2.24, 2.45) is 23.7 Å². The van der Waals surface area contributed by atoms with Crippen molar-refractivity contribution in [3.05, 3.63) is 143 Å². The Labute approximate surface area is 343 Å². The van der Waals surface area contributed by atoms with Gasteiger partial charge in [0.2, 0.25) is 17.4 Å². The highest BCUT2D eigenvalue weighted by molar-refractivity contribution is 7.85. The molecule has 4 fully saturated rings. The van der Waals surface area contributed by atoms with E-state index in [0.29, 0.717) is 17.6 Å². The molecule has 1 N–H and O–H groups in total. The molecule has 60 heavy (non-hydrogen) atoms. The first-order valence-electron chi connectivity index (χ1n) is 19.6. The molecule has 0 atom stereocenters. The van der Waals surface area contributed by atoms with Gasteiger partial charge in [-0.25, -0.2) is 18.4 Å². The second-order valence-electron chi connectivity index (χ2n) is 16.3. The lowest BCUT2D eigenvalue weighted by Crippen LogP contribution is -2.58. The van der Waals surface area contributed by atoms with Gasteiger partial charge in [-0.15, -0.1) is 0 Å². The smallest absolute Gasteiger partial charge is 0.349 e. The molecule has 0 heterocycles. The van der Waals surface area contributed by atoms with Crippen molar-refractivity contribution in [3.8, 4) is 28.4 Å². The zero-order chi connectivity index (χ0) is 42.1. The van der Waals surface area contributed by atoms with Crippen LogP contribution in [-0.4, -0.2) is 43.7 Å². The second-order valence-corrected chi connectivity index (χ2v) is 17.7. The molecule has 0 spiro atoms. The molecule has 4 saturated carbocycles. The Hall–Kier alpha value is -5.73. The van der Waals surface area contributed by atoms with Crippen LogP contribution in [0.25, 0.3) is 11.1 Å². The van der Waals surface area contributed by atoms with Crippen molar-refractivity contribution >= 4 is 22.1 Å². The van der Waals surface area contributed by atoms with Crippen LogP contribution in [0.2, 0.25) is 0 Å². The van der Waals surface area contributed by atoms with Crippen LogP contribution < -0.4 is 14.2 Å². The molecule has 5 aromatic carbocycles. The molecular weight excluding hydrogens is 805 g/mol. The highest BCUT2D eigenvalue weighted by atomic mass is 32.2.